The van der Waals surface area contributed by atoms with E-state index in [9.17, 15) is 18.3 Å². The maximum absolute atomic E-state index is 12.3. The summed E-state index contributed by atoms with van der Waals surface area (Å²) in [5, 5.41) is 9.21. The molecule has 2 rings (SSSR count). The molecule has 0 aliphatic carbocycles. The zero-order valence-electron chi connectivity index (χ0n) is 9.11. The minimum Gasteiger partial charge on any atom is -0.508 e. The summed E-state index contributed by atoms with van der Waals surface area (Å²) in [7, 11) is 0. The first kappa shape index (κ1) is 12.3. The predicted molar refractivity (Wildman–Crippen MR) is 59.6 cm³/mol. The first-order valence-corrected chi connectivity index (χ1v) is 5.09. The van der Waals surface area contributed by atoms with Gasteiger partial charge in [0, 0.05) is 6.07 Å². The van der Waals surface area contributed by atoms with Crippen molar-refractivity contribution in [3.05, 3.63) is 54.1 Å². The van der Waals surface area contributed by atoms with E-state index in [1.165, 1.54) is 24.3 Å². The minimum atomic E-state index is -4.36. The Balaban J connectivity index is 2.16. The molecule has 0 aliphatic rings. The smallest absolute Gasteiger partial charge is 0.416 e. The Morgan fingerprint density at radius 2 is 1.56 bits per heavy atom. The second-order valence-corrected chi connectivity index (χ2v) is 3.62. The number of halogens is 3. The van der Waals surface area contributed by atoms with Crippen molar-refractivity contribution in [2.45, 2.75) is 6.18 Å². The lowest BCUT2D eigenvalue weighted by Gasteiger charge is -2.09. The van der Waals surface area contributed by atoms with E-state index in [1.807, 2.05) is 0 Å². The topological polar surface area (TPSA) is 29.5 Å². The lowest BCUT2D eigenvalue weighted by molar-refractivity contribution is -0.137. The van der Waals surface area contributed by atoms with E-state index in [0.717, 1.165) is 12.1 Å². The molecule has 0 fully saturated rings. The van der Waals surface area contributed by atoms with Gasteiger partial charge >= 0.3 is 6.18 Å². The van der Waals surface area contributed by atoms with Gasteiger partial charge in [-0.2, -0.15) is 13.2 Å². The quantitative estimate of drug-likeness (QED) is 0.870. The third kappa shape index (κ3) is 2.94. The number of phenols is 1. The normalized spacial score (nSPS) is 11.3. The Labute approximate surface area is 101 Å². The summed E-state index contributed by atoms with van der Waals surface area (Å²) in [6.07, 6.45) is -4.36. The Hall–Kier alpha value is -2.17. The fraction of sp³-hybridized carbons (Fsp3) is 0.0769. The van der Waals surface area contributed by atoms with Crippen molar-refractivity contribution in [3.63, 3.8) is 0 Å². The molecular formula is C13H9F3O2. The van der Waals surface area contributed by atoms with Crippen LogP contribution in [-0.4, -0.2) is 5.11 Å². The van der Waals surface area contributed by atoms with E-state index in [2.05, 4.69) is 0 Å². The molecule has 2 aromatic rings. The zero-order chi connectivity index (χ0) is 13.2. The van der Waals surface area contributed by atoms with Gasteiger partial charge in [-0.25, -0.2) is 0 Å². The highest BCUT2D eigenvalue weighted by Gasteiger charge is 2.30. The molecule has 0 unspecified atom stereocenters. The molecule has 5 heteroatoms. The Kier molecular flexibility index (Phi) is 3.14. The Morgan fingerprint density at radius 3 is 2.11 bits per heavy atom. The van der Waals surface area contributed by atoms with Gasteiger partial charge in [-0.1, -0.05) is 6.07 Å². The van der Waals surface area contributed by atoms with Gasteiger partial charge in [0.2, 0.25) is 0 Å². The molecule has 0 heterocycles. The molecule has 0 amide bonds. The zero-order valence-corrected chi connectivity index (χ0v) is 9.11. The van der Waals surface area contributed by atoms with Crippen LogP contribution in [0.15, 0.2) is 48.5 Å². The van der Waals surface area contributed by atoms with Crippen LogP contribution in [0.1, 0.15) is 5.56 Å². The van der Waals surface area contributed by atoms with Gasteiger partial charge in [0.1, 0.15) is 17.2 Å². The maximum atomic E-state index is 12.3. The summed E-state index contributed by atoms with van der Waals surface area (Å²) < 4.78 is 42.3. The number of rotatable bonds is 2. The van der Waals surface area contributed by atoms with E-state index < -0.39 is 11.7 Å². The van der Waals surface area contributed by atoms with Crippen molar-refractivity contribution in [2.75, 3.05) is 0 Å². The third-order valence-electron chi connectivity index (χ3n) is 2.23. The first-order chi connectivity index (χ1) is 8.45. The fourth-order valence-corrected chi connectivity index (χ4v) is 1.40. The highest BCUT2D eigenvalue weighted by molar-refractivity contribution is 5.37. The SMILES string of the molecule is Oc1cccc(Oc2ccc(C(F)(F)F)cc2)c1. The van der Waals surface area contributed by atoms with Gasteiger partial charge in [0.15, 0.2) is 0 Å². The van der Waals surface area contributed by atoms with Crippen LogP contribution in [0.3, 0.4) is 0 Å². The molecule has 94 valence electrons. The number of hydrogen-bond acceptors (Lipinski definition) is 2. The molecule has 0 atom stereocenters. The lowest BCUT2D eigenvalue weighted by atomic mass is 10.2. The van der Waals surface area contributed by atoms with Gasteiger partial charge in [-0.05, 0) is 36.4 Å². The monoisotopic (exact) mass is 254 g/mol. The van der Waals surface area contributed by atoms with Gasteiger partial charge in [-0.3, -0.25) is 0 Å². The van der Waals surface area contributed by atoms with Crippen molar-refractivity contribution in [1.29, 1.82) is 0 Å². The summed E-state index contributed by atoms with van der Waals surface area (Å²) in [6.45, 7) is 0. The third-order valence-corrected chi connectivity index (χ3v) is 2.23. The summed E-state index contributed by atoms with van der Waals surface area (Å²) >= 11 is 0. The molecule has 0 aromatic heterocycles. The standard InChI is InChI=1S/C13H9F3O2/c14-13(15,16)9-4-6-11(7-5-9)18-12-3-1-2-10(17)8-12/h1-8,17H. The molecule has 2 nitrogen and oxygen atoms in total. The largest absolute Gasteiger partial charge is 0.508 e. The first-order valence-electron chi connectivity index (χ1n) is 5.09. The summed E-state index contributed by atoms with van der Waals surface area (Å²) in [5.41, 5.74) is -0.731. The van der Waals surface area contributed by atoms with Crippen LogP contribution in [0.5, 0.6) is 17.2 Å². The molecule has 0 saturated carbocycles. The van der Waals surface area contributed by atoms with Crippen LogP contribution in [-0.2, 0) is 6.18 Å². The number of ether oxygens (including phenoxy) is 1. The van der Waals surface area contributed by atoms with Crippen LogP contribution in [0.25, 0.3) is 0 Å². The molecular weight excluding hydrogens is 245 g/mol. The molecule has 0 aliphatic heterocycles. The molecule has 1 N–H and O–H groups in total. The molecule has 0 bridgehead atoms. The molecule has 0 spiro atoms. The van der Waals surface area contributed by atoms with Crippen LogP contribution >= 0.6 is 0 Å². The summed E-state index contributed by atoms with van der Waals surface area (Å²) in [6, 6.07) is 10.4. The second-order valence-electron chi connectivity index (χ2n) is 3.62. The van der Waals surface area contributed by atoms with E-state index >= 15 is 0 Å². The van der Waals surface area contributed by atoms with Crippen molar-refractivity contribution >= 4 is 0 Å². The lowest BCUT2D eigenvalue weighted by Crippen LogP contribution is -2.03. The van der Waals surface area contributed by atoms with E-state index in [0.29, 0.717) is 5.75 Å². The van der Waals surface area contributed by atoms with Gasteiger partial charge in [0.25, 0.3) is 0 Å². The van der Waals surface area contributed by atoms with Crippen molar-refractivity contribution in [3.8, 4) is 17.2 Å². The summed E-state index contributed by atoms with van der Waals surface area (Å²) in [5.74, 6) is 0.655. The predicted octanol–water partition coefficient (Wildman–Crippen LogP) is 4.20. The Bertz CT molecular complexity index is 533. The van der Waals surface area contributed by atoms with E-state index in [1.54, 1.807) is 12.1 Å². The molecule has 2 aromatic carbocycles. The van der Waals surface area contributed by atoms with Crippen LogP contribution in [0.2, 0.25) is 0 Å². The fourth-order valence-electron chi connectivity index (χ4n) is 1.40. The molecule has 0 saturated heterocycles. The van der Waals surface area contributed by atoms with Crippen molar-refractivity contribution in [2.24, 2.45) is 0 Å². The number of phenolic OH excluding ortho intramolecular Hbond substituents is 1. The second kappa shape index (κ2) is 4.60. The molecule has 18 heavy (non-hydrogen) atoms. The number of benzene rings is 2. The van der Waals surface area contributed by atoms with E-state index in [-0.39, 0.29) is 11.5 Å². The van der Waals surface area contributed by atoms with Gasteiger partial charge in [-0.15, -0.1) is 0 Å². The van der Waals surface area contributed by atoms with Gasteiger partial charge < -0.3 is 9.84 Å². The maximum Gasteiger partial charge on any atom is 0.416 e. The van der Waals surface area contributed by atoms with Crippen LogP contribution < -0.4 is 4.74 Å². The number of alkyl halides is 3. The summed E-state index contributed by atoms with van der Waals surface area (Å²) in [4.78, 5) is 0. The van der Waals surface area contributed by atoms with Crippen molar-refractivity contribution in [1.82, 2.24) is 0 Å². The number of hydrogen-bond donors (Lipinski definition) is 1. The van der Waals surface area contributed by atoms with E-state index in [4.69, 9.17) is 4.74 Å². The van der Waals surface area contributed by atoms with Gasteiger partial charge in [0.05, 0.1) is 5.56 Å². The van der Waals surface area contributed by atoms with Crippen molar-refractivity contribution < 1.29 is 23.0 Å². The average molecular weight is 254 g/mol. The number of aromatic hydroxyl groups is 1. The molecule has 0 radical (unpaired) electrons. The average Bonchev–Trinajstić information content (AvgIpc) is 2.28. The highest BCUT2D eigenvalue weighted by Crippen LogP contribution is 2.31. The minimum absolute atomic E-state index is 0.0272. The Morgan fingerprint density at radius 1 is 0.889 bits per heavy atom. The van der Waals surface area contributed by atoms with Crippen LogP contribution in [0, 0.1) is 0 Å². The highest BCUT2D eigenvalue weighted by atomic mass is 19.4. The van der Waals surface area contributed by atoms with Crippen LogP contribution in [0.4, 0.5) is 13.2 Å².